The predicted octanol–water partition coefficient (Wildman–Crippen LogP) is 3.50. The topological polar surface area (TPSA) is 81.8 Å². The fourth-order valence-electron chi connectivity index (χ4n) is 3.42. The van der Waals surface area contributed by atoms with Gasteiger partial charge in [0.2, 0.25) is 17.7 Å². The number of hydrogen-bond donors (Lipinski definition) is 2. The lowest BCUT2D eigenvalue weighted by molar-refractivity contribution is -0.123. The molecule has 1 aliphatic heterocycles. The van der Waals surface area contributed by atoms with Crippen molar-refractivity contribution in [3.05, 3.63) is 53.3 Å². The van der Waals surface area contributed by atoms with Crippen molar-refractivity contribution in [3.63, 3.8) is 0 Å². The highest BCUT2D eigenvalue weighted by atomic mass is 35.5. The first kappa shape index (κ1) is 22.7. The van der Waals surface area contributed by atoms with Gasteiger partial charge in [-0.15, -0.1) is 0 Å². The molecule has 164 valence electrons. The largest absolute Gasteiger partial charge is 0.324 e. The van der Waals surface area contributed by atoms with E-state index in [4.69, 9.17) is 11.6 Å². The van der Waals surface area contributed by atoms with Crippen molar-refractivity contribution in [3.8, 4) is 0 Å². The molecule has 0 aromatic heterocycles. The van der Waals surface area contributed by atoms with Gasteiger partial charge in [-0.1, -0.05) is 23.7 Å². The third-order valence-corrected chi connectivity index (χ3v) is 5.55. The summed E-state index contributed by atoms with van der Waals surface area (Å²) in [6.45, 7) is 3.43. The van der Waals surface area contributed by atoms with Crippen LogP contribution in [0.5, 0.6) is 0 Å². The summed E-state index contributed by atoms with van der Waals surface area (Å²) in [6, 6.07) is 9.81. The Kier molecular flexibility index (Phi) is 6.92. The van der Waals surface area contributed by atoms with Crippen molar-refractivity contribution in [1.29, 1.82) is 0 Å². The molecule has 31 heavy (non-hydrogen) atoms. The predicted molar refractivity (Wildman–Crippen MR) is 119 cm³/mol. The van der Waals surface area contributed by atoms with Crippen LogP contribution < -0.4 is 15.5 Å². The van der Waals surface area contributed by atoms with Crippen molar-refractivity contribution >= 4 is 46.4 Å². The summed E-state index contributed by atoms with van der Waals surface area (Å²) in [5, 5.41) is 5.56. The Hall–Kier alpha value is -2.97. The standard InChI is InChI=1S/C22H24ClFN4O3/c1-13-10-20(29)25-18-6-4-5-7-19(18)28(13)21(30)12-27(3)14(2)22(31)26-17-9-8-15(24)11-16(17)23/h4-9,11,13-14H,10,12H2,1-3H3,(H,25,29)(H,26,31)/t13-,14-/m1/s1. The van der Waals surface area contributed by atoms with Gasteiger partial charge in [-0.2, -0.15) is 0 Å². The number of rotatable bonds is 5. The highest BCUT2D eigenvalue weighted by Crippen LogP contribution is 2.31. The Bertz CT molecular complexity index is 1020. The number of likely N-dealkylation sites (N-methyl/N-ethyl adjacent to an activating group) is 1. The van der Waals surface area contributed by atoms with Gasteiger partial charge in [0.15, 0.2) is 0 Å². The number of carbonyl (C=O) groups excluding carboxylic acids is 3. The van der Waals surface area contributed by atoms with Crippen molar-refractivity contribution in [2.75, 3.05) is 29.1 Å². The minimum Gasteiger partial charge on any atom is -0.324 e. The summed E-state index contributed by atoms with van der Waals surface area (Å²) in [5.74, 6) is -1.28. The first-order valence-corrected chi connectivity index (χ1v) is 10.2. The smallest absolute Gasteiger partial charge is 0.241 e. The Labute approximate surface area is 185 Å². The van der Waals surface area contributed by atoms with Gasteiger partial charge in [-0.05, 0) is 51.2 Å². The minimum atomic E-state index is -0.664. The molecule has 1 heterocycles. The van der Waals surface area contributed by atoms with Gasteiger partial charge in [0.05, 0.1) is 34.7 Å². The van der Waals surface area contributed by atoms with Crippen molar-refractivity contribution < 1.29 is 18.8 Å². The number of fused-ring (bicyclic) bond motifs is 1. The van der Waals surface area contributed by atoms with Gasteiger partial charge in [0, 0.05) is 12.5 Å². The fourth-order valence-corrected chi connectivity index (χ4v) is 3.64. The quantitative estimate of drug-likeness (QED) is 0.736. The summed E-state index contributed by atoms with van der Waals surface area (Å²) >= 11 is 5.97. The molecule has 0 fully saturated rings. The molecule has 0 unspecified atom stereocenters. The first-order chi connectivity index (χ1) is 14.7. The second-order valence-corrected chi connectivity index (χ2v) is 7.99. The molecule has 0 saturated carbocycles. The van der Waals surface area contributed by atoms with E-state index in [9.17, 15) is 18.8 Å². The molecule has 2 aromatic rings. The lowest BCUT2D eigenvalue weighted by Gasteiger charge is -2.31. The van der Waals surface area contributed by atoms with Gasteiger partial charge in [-0.3, -0.25) is 19.3 Å². The summed E-state index contributed by atoms with van der Waals surface area (Å²) in [4.78, 5) is 41.1. The third-order valence-electron chi connectivity index (χ3n) is 5.24. The third kappa shape index (κ3) is 5.21. The van der Waals surface area contributed by atoms with Crippen molar-refractivity contribution in [2.45, 2.75) is 32.4 Å². The molecule has 3 rings (SSSR count). The van der Waals surface area contributed by atoms with Crippen LogP contribution in [-0.2, 0) is 14.4 Å². The zero-order chi connectivity index (χ0) is 22.7. The molecule has 0 radical (unpaired) electrons. The van der Waals surface area contributed by atoms with E-state index in [1.165, 1.54) is 12.1 Å². The molecule has 2 N–H and O–H groups in total. The van der Waals surface area contributed by atoms with Crippen molar-refractivity contribution in [2.24, 2.45) is 0 Å². The number of amides is 3. The average molecular weight is 447 g/mol. The molecule has 7 nitrogen and oxygen atoms in total. The van der Waals surface area contributed by atoms with E-state index in [1.807, 2.05) is 6.92 Å². The number of nitrogens with zero attached hydrogens (tertiary/aromatic N) is 2. The summed E-state index contributed by atoms with van der Waals surface area (Å²) in [5.41, 5.74) is 1.48. The molecule has 1 aliphatic rings. The SMILES string of the molecule is C[C@H](C(=O)Nc1ccc(F)cc1Cl)N(C)CC(=O)N1c2ccccc2NC(=O)C[C@H]1C. The van der Waals surface area contributed by atoms with Crippen LogP contribution >= 0.6 is 11.6 Å². The summed E-state index contributed by atoms with van der Waals surface area (Å²) < 4.78 is 13.2. The van der Waals surface area contributed by atoms with E-state index in [0.717, 1.165) is 6.07 Å². The number of halogens is 2. The second kappa shape index (κ2) is 9.45. The molecular formula is C22H24ClFN4O3. The van der Waals surface area contributed by atoms with Crippen LogP contribution in [0.2, 0.25) is 5.02 Å². The zero-order valence-electron chi connectivity index (χ0n) is 17.5. The van der Waals surface area contributed by atoms with E-state index in [2.05, 4.69) is 10.6 Å². The molecule has 3 amide bonds. The van der Waals surface area contributed by atoms with Crippen LogP contribution in [0.1, 0.15) is 20.3 Å². The highest BCUT2D eigenvalue weighted by molar-refractivity contribution is 6.33. The molecule has 9 heteroatoms. The van der Waals surface area contributed by atoms with Crippen LogP contribution in [0.4, 0.5) is 21.5 Å². The molecule has 2 atom stereocenters. The van der Waals surface area contributed by atoms with E-state index in [-0.39, 0.29) is 41.8 Å². The van der Waals surface area contributed by atoms with Gasteiger partial charge < -0.3 is 15.5 Å². The first-order valence-electron chi connectivity index (χ1n) is 9.84. The molecule has 0 bridgehead atoms. The van der Waals surface area contributed by atoms with E-state index in [0.29, 0.717) is 17.1 Å². The number of benzene rings is 2. The van der Waals surface area contributed by atoms with Crippen LogP contribution in [-0.4, -0.2) is 48.3 Å². The maximum absolute atomic E-state index is 13.2. The van der Waals surface area contributed by atoms with Crippen molar-refractivity contribution in [1.82, 2.24) is 4.90 Å². The number of para-hydroxylation sites is 2. The average Bonchev–Trinajstić information content (AvgIpc) is 2.83. The van der Waals surface area contributed by atoms with Gasteiger partial charge in [0.25, 0.3) is 0 Å². The lowest BCUT2D eigenvalue weighted by atomic mass is 10.1. The van der Waals surface area contributed by atoms with Crippen LogP contribution in [0.15, 0.2) is 42.5 Å². The van der Waals surface area contributed by atoms with Gasteiger partial charge in [-0.25, -0.2) is 4.39 Å². The number of carbonyl (C=O) groups is 3. The highest BCUT2D eigenvalue weighted by Gasteiger charge is 2.31. The van der Waals surface area contributed by atoms with E-state index in [1.54, 1.807) is 48.0 Å². The fraction of sp³-hybridized carbons (Fsp3) is 0.318. The zero-order valence-corrected chi connectivity index (χ0v) is 18.2. The molecular weight excluding hydrogens is 423 g/mol. The Morgan fingerprint density at radius 1 is 1.32 bits per heavy atom. The number of hydrogen-bond acceptors (Lipinski definition) is 4. The Balaban J connectivity index is 1.71. The number of anilines is 3. The molecule has 0 spiro atoms. The minimum absolute atomic E-state index is 0.0431. The molecule has 2 aromatic carbocycles. The summed E-state index contributed by atoms with van der Waals surface area (Å²) in [6.07, 6.45) is 0.170. The maximum Gasteiger partial charge on any atom is 0.241 e. The van der Waals surface area contributed by atoms with E-state index < -0.39 is 11.9 Å². The van der Waals surface area contributed by atoms with Gasteiger partial charge in [0.1, 0.15) is 5.82 Å². The Morgan fingerprint density at radius 2 is 2.03 bits per heavy atom. The van der Waals surface area contributed by atoms with Gasteiger partial charge >= 0.3 is 0 Å². The van der Waals surface area contributed by atoms with Crippen LogP contribution in [0.3, 0.4) is 0 Å². The normalized spacial score (nSPS) is 16.9. The monoisotopic (exact) mass is 446 g/mol. The van der Waals surface area contributed by atoms with Crippen LogP contribution in [0, 0.1) is 5.82 Å². The maximum atomic E-state index is 13.2. The lowest BCUT2D eigenvalue weighted by Crippen LogP contribution is -2.48. The Morgan fingerprint density at radius 3 is 2.74 bits per heavy atom. The second-order valence-electron chi connectivity index (χ2n) is 7.59. The van der Waals surface area contributed by atoms with Crippen LogP contribution in [0.25, 0.3) is 0 Å². The molecule has 0 saturated heterocycles. The molecule has 0 aliphatic carbocycles. The van der Waals surface area contributed by atoms with E-state index >= 15 is 0 Å². The summed E-state index contributed by atoms with van der Waals surface area (Å²) in [7, 11) is 1.66. The number of nitrogens with one attached hydrogen (secondary N) is 2.